The van der Waals surface area contributed by atoms with Crippen LogP contribution >= 0.6 is 11.8 Å². The number of hydrogen-bond acceptors (Lipinski definition) is 4. The number of amides is 2. The lowest BCUT2D eigenvalue weighted by atomic mass is 10.1. The van der Waals surface area contributed by atoms with Crippen molar-refractivity contribution in [3.05, 3.63) is 65.2 Å². The Labute approximate surface area is 175 Å². The summed E-state index contributed by atoms with van der Waals surface area (Å²) in [6, 6.07) is 17.4. The fourth-order valence-electron chi connectivity index (χ4n) is 3.49. The molecule has 0 N–H and O–H groups in total. The molecule has 2 fully saturated rings. The topological polar surface area (TPSA) is 64.4 Å². The van der Waals surface area contributed by atoms with Crippen LogP contribution in [0.2, 0.25) is 0 Å². The number of hydrogen-bond donors (Lipinski definition) is 0. The number of nitriles is 1. The molecule has 2 aromatic rings. The quantitative estimate of drug-likeness (QED) is 0.714. The molecule has 0 radical (unpaired) electrons. The number of benzene rings is 2. The van der Waals surface area contributed by atoms with Crippen molar-refractivity contribution in [2.45, 2.75) is 23.5 Å². The molecule has 0 spiro atoms. The highest BCUT2D eigenvalue weighted by atomic mass is 32.2. The van der Waals surface area contributed by atoms with E-state index in [1.54, 1.807) is 11.8 Å². The Hall–Kier alpha value is -2.78. The summed E-state index contributed by atoms with van der Waals surface area (Å²) < 4.78 is 0. The lowest BCUT2D eigenvalue weighted by molar-refractivity contribution is -0.134. The third-order valence-corrected chi connectivity index (χ3v) is 6.54. The standard InChI is InChI=1S/C23H23N3O2S/c24-15-17-5-7-18(8-6-17)16-29-21-4-2-1-3-20(21)23(28)26-13-11-25(12-14-26)22(27)19-9-10-19/h1-8,19H,9-14,16H2. The van der Waals surface area contributed by atoms with Gasteiger partial charge in [0.25, 0.3) is 5.91 Å². The minimum absolute atomic E-state index is 0.0337. The van der Waals surface area contributed by atoms with E-state index < -0.39 is 0 Å². The summed E-state index contributed by atoms with van der Waals surface area (Å²) in [6.45, 7) is 2.43. The Morgan fingerprint density at radius 1 is 0.966 bits per heavy atom. The molecule has 2 amide bonds. The maximum Gasteiger partial charge on any atom is 0.255 e. The summed E-state index contributed by atoms with van der Waals surface area (Å²) in [5.41, 5.74) is 2.48. The summed E-state index contributed by atoms with van der Waals surface area (Å²) in [5.74, 6) is 1.26. The third kappa shape index (κ3) is 4.63. The van der Waals surface area contributed by atoms with Gasteiger partial charge in [-0.2, -0.15) is 5.26 Å². The van der Waals surface area contributed by atoms with E-state index in [9.17, 15) is 9.59 Å². The molecule has 1 aliphatic carbocycles. The first kappa shape index (κ1) is 19.5. The molecule has 1 saturated carbocycles. The Balaban J connectivity index is 1.38. The van der Waals surface area contributed by atoms with Gasteiger partial charge in [-0.05, 0) is 42.7 Å². The molecule has 2 aromatic carbocycles. The minimum atomic E-state index is 0.0337. The summed E-state index contributed by atoms with van der Waals surface area (Å²) in [5, 5.41) is 8.92. The van der Waals surface area contributed by atoms with Gasteiger partial charge in [0.05, 0.1) is 17.2 Å². The highest BCUT2D eigenvalue weighted by molar-refractivity contribution is 7.98. The summed E-state index contributed by atoms with van der Waals surface area (Å²) in [7, 11) is 0. The number of nitrogens with zero attached hydrogens (tertiary/aromatic N) is 3. The van der Waals surface area contributed by atoms with Crippen LogP contribution in [0.1, 0.15) is 34.3 Å². The first-order valence-corrected chi connectivity index (χ1v) is 10.9. The molecular weight excluding hydrogens is 382 g/mol. The van der Waals surface area contributed by atoms with Crippen molar-refractivity contribution in [2.75, 3.05) is 26.2 Å². The van der Waals surface area contributed by atoms with E-state index in [1.807, 2.05) is 58.3 Å². The van der Waals surface area contributed by atoms with Crippen molar-refractivity contribution in [1.29, 1.82) is 5.26 Å². The predicted octanol–water partition coefficient (Wildman–Crippen LogP) is 3.54. The van der Waals surface area contributed by atoms with Gasteiger partial charge in [-0.3, -0.25) is 9.59 Å². The SMILES string of the molecule is N#Cc1ccc(CSc2ccccc2C(=O)N2CCN(C(=O)C3CC3)CC2)cc1. The largest absolute Gasteiger partial charge is 0.339 e. The molecule has 2 aliphatic rings. The molecule has 0 unspecified atom stereocenters. The maximum atomic E-state index is 13.1. The van der Waals surface area contributed by atoms with E-state index in [-0.39, 0.29) is 17.7 Å². The monoisotopic (exact) mass is 405 g/mol. The average molecular weight is 406 g/mol. The Morgan fingerprint density at radius 2 is 1.62 bits per heavy atom. The van der Waals surface area contributed by atoms with E-state index in [2.05, 4.69) is 6.07 Å². The van der Waals surface area contributed by atoms with Gasteiger partial charge in [-0.1, -0.05) is 24.3 Å². The van der Waals surface area contributed by atoms with Crippen LogP contribution in [0.25, 0.3) is 0 Å². The van der Waals surface area contributed by atoms with E-state index in [4.69, 9.17) is 5.26 Å². The van der Waals surface area contributed by atoms with E-state index in [0.717, 1.165) is 29.1 Å². The molecule has 5 nitrogen and oxygen atoms in total. The summed E-state index contributed by atoms with van der Waals surface area (Å²) >= 11 is 1.63. The number of rotatable bonds is 5. The Kier molecular flexibility index (Phi) is 5.86. The molecule has 1 heterocycles. The van der Waals surface area contributed by atoms with Crippen molar-refractivity contribution < 1.29 is 9.59 Å². The second kappa shape index (κ2) is 8.71. The van der Waals surface area contributed by atoms with Crippen LogP contribution in [0.3, 0.4) is 0 Å². The number of thioether (sulfide) groups is 1. The molecule has 0 aromatic heterocycles. The van der Waals surface area contributed by atoms with E-state index in [0.29, 0.717) is 37.3 Å². The molecule has 1 saturated heterocycles. The fraction of sp³-hybridized carbons (Fsp3) is 0.348. The number of carbonyl (C=O) groups is 2. The van der Waals surface area contributed by atoms with Gasteiger partial charge in [0.1, 0.15) is 0 Å². The molecule has 6 heteroatoms. The van der Waals surface area contributed by atoms with Crippen LogP contribution in [0.15, 0.2) is 53.4 Å². The predicted molar refractivity (Wildman–Crippen MR) is 112 cm³/mol. The van der Waals surface area contributed by atoms with Crippen LogP contribution in [0.5, 0.6) is 0 Å². The van der Waals surface area contributed by atoms with E-state index >= 15 is 0 Å². The smallest absolute Gasteiger partial charge is 0.255 e. The fourth-order valence-corrected chi connectivity index (χ4v) is 4.49. The number of carbonyl (C=O) groups excluding carboxylic acids is 2. The summed E-state index contributed by atoms with van der Waals surface area (Å²) in [6.07, 6.45) is 2.03. The lowest BCUT2D eigenvalue weighted by Gasteiger charge is -2.35. The molecule has 0 atom stereocenters. The van der Waals surface area contributed by atoms with Crippen molar-refractivity contribution >= 4 is 23.6 Å². The van der Waals surface area contributed by atoms with Crippen LogP contribution in [0, 0.1) is 17.2 Å². The highest BCUT2D eigenvalue weighted by Gasteiger charge is 2.35. The van der Waals surface area contributed by atoms with Gasteiger partial charge >= 0.3 is 0 Å². The lowest BCUT2D eigenvalue weighted by Crippen LogP contribution is -2.51. The number of piperazine rings is 1. The second-order valence-corrected chi connectivity index (χ2v) is 8.50. The molecule has 1 aliphatic heterocycles. The molecule has 4 rings (SSSR count). The molecular formula is C23H23N3O2S. The zero-order valence-electron chi connectivity index (χ0n) is 16.2. The average Bonchev–Trinajstić information content (AvgIpc) is 3.63. The van der Waals surface area contributed by atoms with Gasteiger partial charge < -0.3 is 9.80 Å². The van der Waals surface area contributed by atoms with Crippen molar-refractivity contribution in [2.24, 2.45) is 5.92 Å². The van der Waals surface area contributed by atoms with E-state index in [1.165, 1.54) is 0 Å². The van der Waals surface area contributed by atoms with Gasteiger partial charge in [0.15, 0.2) is 0 Å². The molecule has 29 heavy (non-hydrogen) atoms. The van der Waals surface area contributed by atoms with Crippen LogP contribution in [-0.4, -0.2) is 47.8 Å². The highest BCUT2D eigenvalue weighted by Crippen LogP contribution is 2.32. The van der Waals surface area contributed by atoms with Crippen LogP contribution in [0.4, 0.5) is 0 Å². The molecule has 148 valence electrons. The Morgan fingerprint density at radius 3 is 2.28 bits per heavy atom. The van der Waals surface area contributed by atoms with Gasteiger partial charge in [-0.15, -0.1) is 11.8 Å². The van der Waals surface area contributed by atoms with Crippen LogP contribution in [-0.2, 0) is 10.5 Å². The first-order valence-electron chi connectivity index (χ1n) is 9.94. The maximum absolute atomic E-state index is 13.1. The minimum Gasteiger partial charge on any atom is -0.339 e. The second-order valence-electron chi connectivity index (χ2n) is 7.49. The van der Waals surface area contributed by atoms with Crippen LogP contribution < -0.4 is 0 Å². The Bertz CT molecular complexity index is 939. The van der Waals surface area contributed by atoms with Gasteiger partial charge in [-0.25, -0.2) is 0 Å². The van der Waals surface area contributed by atoms with Crippen molar-refractivity contribution in [3.63, 3.8) is 0 Å². The summed E-state index contributed by atoms with van der Waals surface area (Å²) in [4.78, 5) is 30.1. The third-order valence-electron chi connectivity index (χ3n) is 5.40. The normalized spacial score (nSPS) is 16.4. The van der Waals surface area contributed by atoms with Gasteiger partial charge in [0.2, 0.25) is 5.91 Å². The van der Waals surface area contributed by atoms with Crippen molar-refractivity contribution in [1.82, 2.24) is 9.80 Å². The first-order chi connectivity index (χ1) is 14.2. The van der Waals surface area contributed by atoms with Gasteiger partial charge in [0, 0.05) is 42.7 Å². The zero-order chi connectivity index (χ0) is 20.2. The molecule has 0 bridgehead atoms. The van der Waals surface area contributed by atoms with Crippen molar-refractivity contribution in [3.8, 4) is 6.07 Å². The zero-order valence-corrected chi connectivity index (χ0v) is 17.0.